The summed E-state index contributed by atoms with van der Waals surface area (Å²) >= 11 is 0. The SMILES string of the molecule is COC(=O)c1ccc(-c2nnc(Nc3ccc(S(N)(=O)=O)cc3)c3ccccc23)cc1. The second-order valence-corrected chi connectivity index (χ2v) is 8.27. The molecule has 0 unspecified atom stereocenters. The molecule has 4 rings (SSSR count). The van der Waals surface area contributed by atoms with Gasteiger partial charge in [0.2, 0.25) is 10.0 Å². The average molecular weight is 434 g/mol. The summed E-state index contributed by atoms with van der Waals surface area (Å²) in [7, 11) is -2.42. The molecule has 31 heavy (non-hydrogen) atoms. The number of benzene rings is 3. The highest BCUT2D eigenvalue weighted by Gasteiger charge is 2.13. The zero-order valence-electron chi connectivity index (χ0n) is 16.4. The van der Waals surface area contributed by atoms with Gasteiger partial charge in [-0.15, -0.1) is 10.2 Å². The maximum atomic E-state index is 11.7. The van der Waals surface area contributed by atoms with Crippen LogP contribution in [0.4, 0.5) is 11.5 Å². The fourth-order valence-corrected chi connectivity index (χ4v) is 3.67. The van der Waals surface area contributed by atoms with E-state index in [4.69, 9.17) is 9.88 Å². The van der Waals surface area contributed by atoms with Crippen LogP contribution in [-0.4, -0.2) is 31.7 Å². The first kappa shape index (κ1) is 20.5. The number of methoxy groups -OCH3 is 1. The number of esters is 1. The molecular formula is C22H18N4O4S. The lowest BCUT2D eigenvalue weighted by Gasteiger charge is -2.12. The van der Waals surface area contributed by atoms with Crippen molar-refractivity contribution < 1.29 is 17.9 Å². The summed E-state index contributed by atoms with van der Waals surface area (Å²) in [6.07, 6.45) is 0. The minimum Gasteiger partial charge on any atom is -0.465 e. The van der Waals surface area contributed by atoms with Crippen LogP contribution in [0.1, 0.15) is 10.4 Å². The number of ether oxygens (including phenoxy) is 1. The van der Waals surface area contributed by atoms with Crippen LogP contribution in [0.2, 0.25) is 0 Å². The maximum Gasteiger partial charge on any atom is 0.337 e. The molecule has 0 fully saturated rings. The molecule has 0 saturated carbocycles. The predicted octanol–water partition coefficient (Wildman–Crippen LogP) is 3.47. The molecule has 4 aromatic rings. The quantitative estimate of drug-likeness (QED) is 0.461. The summed E-state index contributed by atoms with van der Waals surface area (Å²) < 4.78 is 27.6. The number of rotatable bonds is 5. The molecule has 0 bridgehead atoms. The molecule has 1 heterocycles. The van der Waals surface area contributed by atoms with Gasteiger partial charge in [0.25, 0.3) is 0 Å². The van der Waals surface area contributed by atoms with E-state index in [0.29, 0.717) is 22.8 Å². The topological polar surface area (TPSA) is 124 Å². The van der Waals surface area contributed by atoms with Crippen LogP contribution in [0.15, 0.2) is 77.7 Å². The summed E-state index contributed by atoms with van der Waals surface area (Å²) in [5, 5.41) is 18.7. The highest BCUT2D eigenvalue weighted by Crippen LogP contribution is 2.31. The van der Waals surface area contributed by atoms with Crippen molar-refractivity contribution in [2.24, 2.45) is 5.14 Å². The van der Waals surface area contributed by atoms with Crippen molar-refractivity contribution in [2.75, 3.05) is 12.4 Å². The van der Waals surface area contributed by atoms with Gasteiger partial charge in [0.15, 0.2) is 5.82 Å². The highest BCUT2D eigenvalue weighted by molar-refractivity contribution is 7.89. The van der Waals surface area contributed by atoms with Gasteiger partial charge in [-0.25, -0.2) is 18.4 Å². The highest BCUT2D eigenvalue weighted by atomic mass is 32.2. The molecule has 0 aliphatic rings. The Morgan fingerprint density at radius 1 is 0.903 bits per heavy atom. The summed E-state index contributed by atoms with van der Waals surface area (Å²) in [6.45, 7) is 0. The van der Waals surface area contributed by atoms with E-state index < -0.39 is 16.0 Å². The Balaban J connectivity index is 1.71. The first-order chi connectivity index (χ1) is 14.9. The third-order valence-corrected chi connectivity index (χ3v) is 5.64. The van der Waals surface area contributed by atoms with Crippen LogP contribution < -0.4 is 10.5 Å². The van der Waals surface area contributed by atoms with Crippen LogP contribution in [0.3, 0.4) is 0 Å². The monoisotopic (exact) mass is 434 g/mol. The summed E-state index contributed by atoms with van der Waals surface area (Å²) in [6, 6.07) is 20.6. The Labute approximate surface area is 178 Å². The Hall–Kier alpha value is -3.82. The Morgan fingerprint density at radius 3 is 2.16 bits per heavy atom. The number of nitrogens with zero attached hydrogens (tertiary/aromatic N) is 2. The zero-order valence-corrected chi connectivity index (χ0v) is 17.3. The molecule has 0 aliphatic carbocycles. The second-order valence-electron chi connectivity index (χ2n) is 6.71. The molecule has 0 radical (unpaired) electrons. The fraction of sp³-hybridized carbons (Fsp3) is 0.0455. The van der Waals surface area contributed by atoms with Crippen molar-refractivity contribution in [3.8, 4) is 11.3 Å². The largest absolute Gasteiger partial charge is 0.465 e. The lowest BCUT2D eigenvalue weighted by molar-refractivity contribution is 0.0600. The van der Waals surface area contributed by atoms with Gasteiger partial charge in [-0.2, -0.15) is 0 Å². The van der Waals surface area contributed by atoms with Crippen molar-refractivity contribution >= 4 is 38.3 Å². The smallest absolute Gasteiger partial charge is 0.337 e. The predicted molar refractivity (Wildman–Crippen MR) is 117 cm³/mol. The van der Waals surface area contributed by atoms with E-state index in [1.54, 1.807) is 36.4 Å². The van der Waals surface area contributed by atoms with Gasteiger partial charge in [-0.3, -0.25) is 0 Å². The molecule has 156 valence electrons. The number of hydrogen-bond acceptors (Lipinski definition) is 7. The number of sulfonamides is 1. The van der Waals surface area contributed by atoms with E-state index in [9.17, 15) is 13.2 Å². The molecule has 9 heteroatoms. The zero-order chi connectivity index (χ0) is 22.0. The molecule has 0 amide bonds. The average Bonchev–Trinajstić information content (AvgIpc) is 2.79. The van der Waals surface area contributed by atoms with Crippen LogP contribution in [0, 0.1) is 0 Å². The molecule has 3 aromatic carbocycles. The Morgan fingerprint density at radius 2 is 1.55 bits per heavy atom. The van der Waals surface area contributed by atoms with E-state index in [2.05, 4.69) is 15.5 Å². The van der Waals surface area contributed by atoms with Crippen LogP contribution in [0.5, 0.6) is 0 Å². The van der Waals surface area contributed by atoms with Gasteiger partial charge in [0.05, 0.1) is 17.6 Å². The normalized spacial score (nSPS) is 11.3. The second kappa shape index (κ2) is 8.13. The number of carbonyl (C=O) groups excluding carboxylic acids is 1. The van der Waals surface area contributed by atoms with Gasteiger partial charge < -0.3 is 10.1 Å². The molecule has 0 aliphatic heterocycles. The Kier molecular flexibility index (Phi) is 5.37. The minimum absolute atomic E-state index is 0.0275. The number of fused-ring (bicyclic) bond motifs is 1. The molecule has 0 atom stereocenters. The first-order valence-corrected chi connectivity index (χ1v) is 10.8. The summed E-state index contributed by atoms with van der Waals surface area (Å²) in [4.78, 5) is 11.7. The van der Waals surface area contributed by atoms with Gasteiger partial charge in [-0.1, -0.05) is 36.4 Å². The van der Waals surface area contributed by atoms with E-state index in [1.807, 2.05) is 24.3 Å². The molecule has 3 N–H and O–H groups in total. The standard InChI is InChI=1S/C22H18N4O4S/c1-30-22(27)15-8-6-14(7-9-15)20-18-4-2-3-5-19(18)21(26-25-20)24-16-10-12-17(13-11-16)31(23,28)29/h2-13H,1H3,(H,24,26)(H2,23,28,29). The van der Waals surface area contributed by atoms with Crippen LogP contribution in [-0.2, 0) is 14.8 Å². The molecular weight excluding hydrogens is 416 g/mol. The number of aromatic nitrogens is 2. The third-order valence-electron chi connectivity index (χ3n) is 4.71. The number of nitrogens with one attached hydrogen (secondary N) is 1. The van der Waals surface area contributed by atoms with Crippen LogP contribution >= 0.6 is 0 Å². The van der Waals surface area contributed by atoms with E-state index in [0.717, 1.165) is 16.3 Å². The molecule has 0 saturated heterocycles. The lowest BCUT2D eigenvalue weighted by Crippen LogP contribution is -2.11. The van der Waals surface area contributed by atoms with Gasteiger partial charge >= 0.3 is 5.97 Å². The number of nitrogens with two attached hydrogens (primary N) is 1. The number of carbonyl (C=O) groups is 1. The molecule has 1 aromatic heterocycles. The summed E-state index contributed by atoms with van der Waals surface area (Å²) in [5.74, 6) is 0.115. The molecule has 8 nitrogen and oxygen atoms in total. The van der Waals surface area contributed by atoms with Crippen LogP contribution in [0.25, 0.3) is 22.0 Å². The van der Waals surface area contributed by atoms with Gasteiger partial charge in [0.1, 0.15) is 5.69 Å². The van der Waals surface area contributed by atoms with Gasteiger partial charge in [0, 0.05) is 22.0 Å². The number of hydrogen-bond donors (Lipinski definition) is 2. The van der Waals surface area contributed by atoms with Crippen molar-refractivity contribution in [1.29, 1.82) is 0 Å². The fourth-order valence-electron chi connectivity index (χ4n) is 3.16. The summed E-state index contributed by atoms with van der Waals surface area (Å²) in [5.41, 5.74) is 2.56. The van der Waals surface area contributed by atoms with Gasteiger partial charge in [-0.05, 0) is 36.4 Å². The maximum absolute atomic E-state index is 11.7. The van der Waals surface area contributed by atoms with E-state index in [-0.39, 0.29) is 4.90 Å². The van der Waals surface area contributed by atoms with E-state index >= 15 is 0 Å². The first-order valence-electron chi connectivity index (χ1n) is 9.21. The van der Waals surface area contributed by atoms with Crippen molar-refractivity contribution in [3.63, 3.8) is 0 Å². The Bertz CT molecular complexity index is 1370. The van der Waals surface area contributed by atoms with Crippen molar-refractivity contribution in [3.05, 3.63) is 78.4 Å². The van der Waals surface area contributed by atoms with Crippen molar-refractivity contribution in [2.45, 2.75) is 4.90 Å². The third kappa shape index (κ3) is 4.23. The number of primary sulfonamides is 1. The minimum atomic E-state index is -3.76. The molecule has 0 spiro atoms. The lowest BCUT2D eigenvalue weighted by atomic mass is 10.0. The number of anilines is 2. The van der Waals surface area contributed by atoms with E-state index in [1.165, 1.54) is 19.2 Å². The van der Waals surface area contributed by atoms with Crippen molar-refractivity contribution in [1.82, 2.24) is 10.2 Å².